The Labute approximate surface area is 122 Å². The number of rotatable bonds is 1. The number of Topliss-reactive ketones (excluding diaryl/α,β-unsaturated/α-hetero) is 1. The van der Waals surface area contributed by atoms with Gasteiger partial charge in [0.05, 0.1) is 0 Å². The van der Waals surface area contributed by atoms with Crippen molar-refractivity contribution in [1.82, 2.24) is 0 Å². The van der Waals surface area contributed by atoms with Crippen molar-refractivity contribution in [2.24, 2.45) is 10.8 Å². The van der Waals surface area contributed by atoms with E-state index in [-0.39, 0.29) is 5.78 Å². The fourth-order valence-corrected chi connectivity index (χ4v) is 2.31. The molecular formula is C18H24O2. The van der Waals surface area contributed by atoms with Crippen molar-refractivity contribution in [2.75, 3.05) is 0 Å². The first-order valence-corrected chi connectivity index (χ1v) is 6.84. The van der Waals surface area contributed by atoms with Crippen LogP contribution in [0.1, 0.15) is 51.9 Å². The maximum Gasteiger partial charge on any atom is 0.235 e. The number of aliphatic hydroxyl groups is 1. The van der Waals surface area contributed by atoms with Gasteiger partial charge in [0.2, 0.25) is 5.78 Å². The van der Waals surface area contributed by atoms with E-state index in [0.29, 0.717) is 5.56 Å². The zero-order valence-electron chi connectivity index (χ0n) is 13.2. The van der Waals surface area contributed by atoms with Gasteiger partial charge in [0, 0.05) is 16.4 Å². The fraction of sp³-hybridized carbons (Fsp3) is 0.500. The molecule has 0 aliphatic heterocycles. The van der Waals surface area contributed by atoms with Crippen LogP contribution in [0.5, 0.6) is 0 Å². The van der Waals surface area contributed by atoms with Gasteiger partial charge in [-0.25, -0.2) is 0 Å². The van der Waals surface area contributed by atoms with E-state index in [1.165, 1.54) is 0 Å². The highest BCUT2D eigenvalue weighted by Gasteiger charge is 2.48. The highest BCUT2D eigenvalue weighted by molar-refractivity contribution is 6.09. The van der Waals surface area contributed by atoms with E-state index >= 15 is 0 Å². The molecule has 0 aromatic heterocycles. The van der Waals surface area contributed by atoms with Gasteiger partial charge in [-0.15, -0.1) is 0 Å². The summed E-state index contributed by atoms with van der Waals surface area (Å²) < 4.78 is 0. The maximum atomic E-state index is 12.1. The first-order valence-electron chi connectivity index (χ1n) is 6.84. The number of hydrogen-bond acceptors (Lipinski definition) is 2. The lowest BCUT2D eigenvalue weighted by Crippen LogP contribution is -2.52. The Morgan fingerprint density at radius 1 is 0.950 bits per heavy atom. The van der Waals surface area contributed by atoms with Crippen molar-refractivity contribution < 1.29 is 9.90 Å². The van der Waals surface area contributed by atoms with Gasteiger partial charge in [-0.3, -0.25) is 4.79 Å². The first kappa shape index (κ1) is 16.5. The molecule has 0 bridgehead atoms. The normalized spacial score (nSPS) is 12.6. The summed E-state index contributed by atoms with van der Waals surface area (Å²) in [5.41, 5.74) is -1.60. The molecule has 0 fully saturated rings. The monoisotopic (exact) mass is 272 g/mol. The Bertz CT molecular complexity index is 517. The second-order valence-electron chi connectivity index (χ2n) is 7.16. The Balaban J connectivity index is 3.18. The van der Waals surface area contributed by atoms with Crippen LogP contribution in [0.4, 0.5) is 0 Å². The van der Waals surface area contributed by atoms with Gasteiger partial charge in [0.25, 0.3) is 0 Å². The Morgan fingerprint density at radius 2 is 1.40 bits per heavy atom. The van der Waals surface area contributed by atoms with Crippen molar-refractivity contribution in [3.05, 3.63) is 35.9 Å². The van der Waals surface area contributed by atoms with Crippen molar-refractivity contribution in [2.45, 2.75) is 47.1 Å². The highest BCUT2D eigenvalue weighted by Crippen LogP contribution is 2.43. The third-order valence-electron chi connectivity index (χ3n) is 3.56. The Morgan fingerprint density at radius 3 is 1.80 bits per heavy atom. The highest BCUT2D eigenvalue weighted by atomic mass is 16.3. The molecule has 0 aliphatic rings. The van der Waals surface area contributed by atoms with Gasteiger partial charge in [-0.1, -0.05) is 77.8 Å². The molecule has 1 N–H and O–H groups in total. The van der Waals surface area contributed by atoms with Crippen molar-refractivity contribution in [1.29, 1.82) is 0 Å². The van der Waals surface area contributed by atoms with E-state index < -0.39 is 16.4 Å². The first-order chi connectivity index (χ1) is 8.99. The SMILES string of the molecule is CC(C)(C)C(O)(C#CC(=O)c1ccccc1)C(C)(C)C. The average molecular weight is 272 g/mol. The molecule has 0 heterocycles. The van der Waals surface area contributed by atoms with Gasteiger partial charge in [0.1, 0.15) is 5.60 Å². The van der Waals surface area contributed by atoms with Crippen molar-refractivity contribution >= 4 is 5.78 Å². The van der Waals surface area contributed by atoms with Gasteiger partial charge in [0.15, 0.2) is 0 Å². The van der Waals surface area contributed by atoms with Gasteiger partial charge < -0.3 is 5.11 Å². The summed E-state index contributed by atoms with van der Waals surface area (Å²) in [5, 5.41) is 11.0. The van der Waals surface area contributed by atoms with E-state index in [1.807, 2.05) is 47.6 Å². The molecule has 0 atom stereocenters. The summed E-state index contributed by atoms with van der Waals surface area (Å²) in [6.07, 6.45) is 0. The molecule has 0 radical (unpaired) electrons. The minimum absolute atomic E-state index is 0.266. The molecule has 0 aliphatic carbocycles. The standard InChI is InChI=1S/C18H24O2/c1-16(2,3)18(20,17(4,5)6)13-12-15(19)14-10-8-7-9-11-14/h7-11,20H,1-6H3. The van der Waals surface area contributed by atoms with Crippen LogP contribution in [0, 0.1) is 22.7 Å². The molecule has 108 valence electrons. The van der Waals surface area contributed by atoms with Crippen LogP contribution in [0.3, 0.4) is 0 Å². The largest absolute Gasteiger partial charge is 0.376 e. The zero-order chi connectivity index (χ0) is 15.6. The third-order valence-corrected chi connectivity index (χ3v) is 3.56. The summed E-state index contributed by atoms with van der Waals surface area (Å²) >= 11 is 0. The Hall–Kier alpha value is -1.59. The molecule has 0 amide bonds. The minimum atomic E-state index is -1.25. The number of carbonyl (C=O) groups is 1. The number of ketones is 1. The second-order valence-corrected chi connectivity index (χ2v) is 7.16. The lowest BCUT2D eigenvalue weighted by atomic mass is 9.63. The summed E-state index contributed by atoms with van der Waals surface area (Å²) in [6, 6.07) is 8.91. The van der Waals surface area contributed by atoms with Crippen molar-refractivity contribution in [3.63, 3.8) is 0 Å². The van der Waals surface area contributed by atoms with Crippen LogP contribution in [-0.2, 0) is 0 Å². The molecule has 2 nitrogen and oxygen atoms in total. The Kier molecular flexibility index (Phi) is 4.46. The van der Waals surface area contributed by atoms with Crippen LogP contribution in [0.2, 0.25) is 0 Å². The van der Waals surface area contributed by atoms with Crippen LogP contribution in [-0.4, -0.2) is 16.5 Å². The predicted octanol–water partition coefficient (Wildman–Crippen LogP) is 3.70. The molecule has 0 saturated heterocycles. The lowest BCUT2D eigenvalue weighted by Gasteiger charge is -2.45. The molecule has 20 heavy (non-hydrogen) atoms. The number of benzene rings is 1. The van der Waals surface area contributed by atoms with Crippen LogP contribution in [0.15, 0.2) is 30.3 Å². The summed E-state index contributed by atoms with van der Waals surface area (Å²) in [5.74, 6) is 5.18. The number of carbonyl (C=O) groups excluding carboxylic acids is 1. The molecular weight excluding hydrogens is 248 g/mol. The lowest BCUT2D eigenvalue weighted by molar-refractivity contribution is -0.0875. The maximum absolute atomic E-state index is 12.1. The second kappa shape index (κ2) is 5.42. The molecule has 0 saturated carbocycles. The van der Waals surface area contributed by atoms with E-state index in [2.05, 4.69) is 11.8 Å². The molecule has 0 spiro atoms. The third kappa shape index (κ3) is 3.29. The average Bonchev–Trinajstić information content (AvgIpc) is 2.33. The topological polar surface area (TPSA) is 37.3 Å². The zero-order valence-corrected chi connectivity index (χ0v) is 13.2. The predicted molar refractivity (Wildman–Crippen MR) is 82.4 cm³/mol. The number of hydrogen-bond donors (Lipinski definition) is 1. The smallest absolute Gasteiger partial charge is 0.235 e. The fourth-order valence-electron chi connectivity index (χ4n) is 2.31. The van der Waals surface area contributed by atoms with E-state index in [1.54, 1.807) is 24.3 Å². The van der Waals surface area contributed by atoms with Crippen molar-refractivity contribution in [3.8, 4) is 11.8 Å². The molecule has 2 heteroatoms. The van der Waals surface area contributed by atoms with Gasteiger partial charge >= 0.3 is 0 Å². The molecule has 1 aromatic carbocycles. The minimum Gasteiger partial charge on any atom is -0.376 e. The molecule has 1 rings (SSSR count). The quantitative estimate of drug-likeness (QED) is 0.481. The van der Waals surface area contributed by atoms with Gasteiger partial charge in [-0.2, -0.15) is 0 Å². The van der Waals surface area contributed by atoms with E-state index in [0.717, 1.165) is 0 Å². The van der Waals surface area contributed by atoms with E-state index in [9.17, 15) is 9.90 Å². The molecule has 0 unspecified atom stereocenters. The van der Waals surface area contributed by atoms with Crippen LogP contribution < -0.4 is 0 Å². The van der Waals surface area contributed by atoms with E-state index in [4.69, 9.17) is 0 Å². The summed E-state index contributed by atoms with van der Waals surface area (Å²) in [6.45, 7) is 11.6. The summed E-state index contributed by atoms with van der Waals surface area (Å²) in [4.78, 5) is 12.1. The molecule has 1 aromatic rings. The van der Waals surface area contributed by atoms with Crippen LogP contribution >= 0.6 is 0 Å². The summed E-state index contributed by atoms with van der Waals surface area (Å²) in [7, 11) is 0. The van der Waals surface area contributed by atoms with Gasteiger partial charge in [-0.05, 0) is 5.92 Å². The van der Waals surface area contributed by atoms with Crippen LogP contribution in [0.25, 0.3) is 0 Å².